The van der Waals surface area contributed by atoms with Crippen LogP contribution in [0.1, 0.15) is 39.4 Å². The van der Waals surface area contributed by atoms with Crippen molar-refractivity contribution in [1.82, 2.24) is 25.8 Å². The van der Waals surface area contributed by atoms with E-state index in [0.717, 1.165) is 0 Å². The van der Waals surface area contributed by atoms with Crippen LogP contribution in [0.15, 0.2) is 54.7 Å². The minimum atomic E-state index is -4.83. The number of halogens is 3. The van der Waals surface area contributed by atoms with E-state index in [1.807, 2.05) is 0 Å². The molecular weight excluding hydrogens is 491 g/mol. The second-order valence-corrected chi connectivity index (χ2v) is 8.01. The Hall–Kier alpha value is -4.61. The molecule has 2 aromatic carbocycles. The van der Waals surface area contributed by atoms with Crippen molar-refractivity contribution in [2.24, 2.45) is 0 Å². The van der Waals surface area contributed by atoms with Gasteiger partial charge < -0.3 is 20.1 Å². The summed E-state index contributed by atoms with van der Waals surface area (Å²) in [6.07, 6.45) is -3.29. The molecule has 4 rings (SSSR count). The van der Waals surface area contributed by atoms with Gasteiger partial charge in [0.05, 0.1) is 18.7 Å². The summed E-state index contributed by atoms with van der Waals surface area (Å²) in [6, 6.07) is 11.6. The molecule has 0 bridgehead atoms. The fourth-order valence-corrected chi connectivity index (χ4v) is 3.76. The Labute approximate surface area is 209 Å². The van der Waals surface area contributed by atoms with Crippen molar-refractivity contribution in [3.8, 4) is 22.8 Å². The predicted molar refractivity (Wildman–Crippen MR) is 128 cm³/mol. The average Bonchev–Trinajstić information content (AvgIpc) is 3.30. The number of nitrogens with one attached hydrogen (secondary N) is 3. The molecule has 0 aliphatic rings. The van der Waals surface area contributed by atoms with Gasteiger partial charge in [-0.3, -0.25) is 14.7 Å². The van der Waals surface area contributed by atoms with Gasteiger partial charge in [-0.15, -0.1) is 13.2 Å². The van der Waals surface area contributed by atoms with Crippen LogP contribution in [0, 0.1) is 0 Å². The lowest BCUT2D eigenvalue weighted by Gasteiger charge is -2.17. The van der Waals surface area contributed by atoms with Crippen molar-refractivity contribution < 1.29 is 32.2 Å². The van der Waals surface area contributed by atoms with Crippen molar-refractivity contribution in [2.45, 2.75) is 19.3 Å². The zero-order valence-corrected chi connectivity index (χ0v) is 19.9. The number of amides is 2. The third kappa shape index (κ3) is 5.63. The number of alkyl halides is 3. The number of ether oxygens (including phenoxy) is 2. The van der Waals surface area contributed by atoms with Crippen molar-refractivity contribution in [3.63, 3.8) is 0 Å². The third-order valence-electron chi connectivity index (χ3n) is 5.57. The SMILES string of the molecule is CNC(=O)c1n[nH]c2cc(-c3cnc(OC)c(C(=O)NC(C)c4cccc(OC(F)(F)F)c4)c3)ccc12. The number of aromatic amines is 1. The monoisotopic (exact) mass is 513 g/mol. The number of hydrogen-bond acceptors (Lipinski definition) is 6. The number of hydrogen-bond donors (Lipinski definition) is 3. The molecule has 0 saturated carbocycles. The first kappa shape index (κ1) is 25.5. The van der Waals surface area contributed by atoms with Gasteiger partial charge in [0.25, 0.3) is 11.8 Å². The van der Waals surface area contributed by atoms with E-state index >= 15 is 0 Å². The number of methoxy groups -OCH3 is 1. The minimum Gasteiger partial charge on any atom is -0.480 e. The maximum atomic E-state index is 13.1. The molecule has 0 aliphatic carbocycles. The van der Waals surface area contributed by atoms with Gasteiger partial charge in [0.2, 0.25) is 5.88 Å². The molecule has 3 N–H and O–H groups in total. The van der Waals surface area contributed by atoms with Crippen LogP contribution in [-0.4, -0.2) is 47.5 Å². The van der Waals surface area contributed by atoms with E-state index in [9.17, 15) is 22.8 Å². The minimum absolute atomic E-state index is 0.0760. The lowest BCUT2D eigenvalue weighted by Crippen LogP contribution is -2.27. The van der Waals surface area contributed by atoms with E-state index in [4.69, 9.17) is 4.74 Å². The maximum Gasteiger partial charge on any atom is 0.573 e. The lowest BCUT2D eigenvalue weighted by atomic mass is 10.0. The molecule has 0 aliphatic heterocycles. The maximum absolute atomic E-state index is 13.1. The third-order valence-corrected chi connectivity index (χ3v) is 5.57. The van der Waals surface area contributed by atoms with Crippen LogP contribution in [0.25, 0.3) is 22.0 Å². The average molecular weight is 513 g/mol. The summed E-state index contributed by atoms with van der Waals surface area (Å²) in [4.78, 5) is 29.3. The first-order valence-electron chi connectivity index (χ1n) is 11.0. The van der Waals surface area contributed by atoms with E-state index in [1.165, 1.54) is 38.6 Å². The number of H-pyrrole nitrogens is 1. The standard InChI is InChI=1S/C25H22F3N5O4/c1-13(14-5-4-6-17(9-14)37-25(26,27)28)31-22(34)19-10-16(12-30-24(19)36-3)15-7-8-18-20(11-15)32-33-21(18)23(35)29-2/h4-13H,1-3H3,(H,29,35)(H,31,34)(H,32,33). The summed E-state index contributed by atoms with van der Waals surface area (Å²) in [6.45, 7) is 1.63. The number of aromatic nitrogens is 3. The van der Waals surface area contributed by atoms with E-state index in [2.05, 4.69) is 30.6 Å². The summed E-state index contributed by atoms with van der Waals surface area (Å²) in [7, 11) is 2.89. The summed E-state index contributed by atoms with van der Waals surface area (Å²) < 4.78 is 46.9. The zero-order chi connectivity index (χ0) is 26.7. The molecule has 2 aromatic heterocycles. The second-order valence-electron chi connectivity index (χ2n) is 8.01. The predicted octanol–water partition coefficient (Wildman–Crippen LogP) is 4.38. The van der Waals surface area contributed by atoms with Crippen molar-refractivity contribution >= 4 is 22.7 Å². The Morgan fingerprint density at radius 1 is 1.05 bits per heavy atom. The molecule has 9 nitrogen and oxygen atoms in total. The summed E-state index contributed by atoms with van der Waals surface area (Å²) in [5, 5.41) is 12.8. The number of carbonyl (C=O) groups excluding carboxylic acids is 2. The molecule has 192 valence electrons. The Balaban J connectivity index is 1.60. The van der Waals surface area contributed by atoms with Gasteiger partial charge in [0, 0.05) is 24.2 Å². The summed E-state index contributed by atoms with van der Waals surface area (Å²) >= 11 is 0. The van der Waals surface area contributed by atoms with Crippen LogP contribution in [0.2, 0.25) is 0 Å². The van der Waals surface area contributed by atoms with Crippen LogP contribution in [0.5, 0.6) is 11.6 Å². The number of pyridine rings is 1. The van der Waals surface area contributed by atoms with Crippen LogP contribution >= 0.6 is 0 Å². The van der Waals surface area contributed by atoms with E-state index in [0.29, 0.717) is 27.6 Å². The van der Waals surface area contributed by atoms with Crippen molar-refractivity contribution in [1.29, 1.82) is 0 Å². The van der Waals surface area contributed by atoms with Crippen LogP contribution in [-0.2, 0) is 0 Å². The first-order valence-corrected chi connectivity index (χ1v) is 11.0. The van der Waals surface area contributed by atoms with E-state index in [1.54, 1.807) is 37.3 Å². The Kier molecular flexibility index (Phi) is 7.00. The highest BCUT2D eigenvalue weighted by atomic mass is 19.4. The molecule has 0 fully saturated rings. The molecule has 2 amide bonds. The molecule has 2 heterocycles. The fraction of sp³-hybridized carbons (Fsp3) is 0.200. The van der Waals surface area contributed by atoms with Gasteiger partial charge in [-0.25, -0.2) is 4.98 Å². The van der Waals surface area contributed by atoms with E-state index < -0.39 is 18.3 Å². The normalized spacial score (nSPS) is 12.2. The molecule has 37 heavy (non-hydrogen) atoms. The number of benzene rings is 2. The van der Waals surface area contributed by atoms with Gasteiger partial charge in [-0.1, -0.05) is 18.2 Å². The molecule has 4 aromatic rings. The second kappa shape index (κ2) is 10.2. The topological polar surface area (TPSA) is 118 Å². The molecular formula is C25H22F3N5O4. The molecule has 1 unspecified atom stereocenters. The van der Waals surface area contributed by atoms with Crippen LogP contribution in [0.3, 0.4) is 0 Å². The summed E-state index contributed by atoms with van der Waals surface area (Å²) in [5.74, 6) is -1.17. The number of carbonyl (C=O) groups is 2. The molecule has 0 radical (unpaired) electrons. The summed E-state index contributed by atoms with van der Waals surface area (Å²) in [5.41, 5.74) is 2.72. The lowest BCUT2D eigenvalue weighted by molar-refractivity contribution is -0.274. The Bertz CT molecular complexity index is 1470. The quantitative estimate of drug-likeness (QED) is 0.338. The van der Waals surface area contributed by atoms with Gasteiger partial charge in [0.15, 0.2) is 5.69 Å². The molecule has 0 saturated heterocycles. The van der Waals surface area contributed by atoms with Crippen LogP contribution < -0.4 is 20.1 Å². The molecule has 0 spiro atoms. The largest absolute Gasteiger partial charge is 0.573 e. The van der Waals surface area contributed by atoms with E-state index in [-0.39, 0.29) is 28.8 Å². The number of fused-ring (bicyclic) bond motifs is 1. The highest BCUT2D eigenvalue weighted by Gasteiger charge is 2.31. The van der Waals surface area contributed by atoms with Crippen LogP contribution in [0.4, 0.5) is 13.2 Å². The Morgan fingerprint density at radius 2 is 1.84 bits per heavy atom. The number of rotatable bonds is 7. The first-order chi connectivity index (χ1) is 17.6. The van der Waals surface area contributed by atoms with Gasteiger partial charge >= 0.3 is 6.36 Å². The molecule has 1 atom stereocenters. The highest BCUT2D eigenvalue weighted by Crippen LogP contribution is 2.29. The smallest absolute Gasteiger partial charge is 0.480 e. The van der Waals surface area contributed by atoms with Gasteiger partial charge in [-0.05, 0) is 48.4 Å². The molecule has 12 heteroatoms. The zero-order valence-electron chi connectivity index (χ0n) is 19.9. The fourth-order valence-electron chi connectivity index (χ4n) is 3.76. The van der Waals surface area contributed by atoms with Crippen molar-refractivity contribution in [3.05, 3.63) is 71.5 Å². The Morgan fingerprint density at radius 3 is 2.54 bits per heavy atom. The van der Waals surface area contributed by atoms with Crippen molar-refractivity contribution in [2.75, 3.05) is 14.2 Å². The highest BCUT2D eigenvalue weighted by molar-refractivity contribution is 6.05. The van der Waals surface area contributed by atoms with Gasteiger partial charge in [0.1, 0.15) is 11.3 Å². The number of nitrogens with zero attached hydrogens (tertiary/aromatic N) is 2. The van der Waals surface area contributed by atoms with Gasteiger partial charge in [-0.2, -0.15) is 5.10 Å².